The molecule has 0 saturated carbocycles. The van der Waals surface area contributed by atoms with Crippen LogP contribution in [0, 0.1) is 0 Å². The van der Waals surface area contributed by atoms with Crippen molar-refractivity contribution in [2.45, 2.75) is 31.7 Å². The fourth-order valence-corrected chi connectivity index (χ4v) is 2.38. The van der Waals surface area contributed by atoms with Crippen molar-refractivity contribution >= 4 is 0 Å². The molecule has 17 heavy (non-hydrogen) atoms. The van der Waals surface area contributed by atoms with Crippen LogP contribution in [0.1, 0.15) is 24.8 Å². The van der Waals surface area contributed by atoms with Crippen molar-refractivity contribution in [1.29, 1.82) is 0 Å². The molecule has 1 aliphatic heterocycles. The summed E-state index contributed by atoms with van der Waals surface area (Å²) in [4.78, 5) is 0. The van der Waals surface area contributed by atoms with E-state index in [4.69, 9.17) is 9.47 Å². The molecule has 1 unspecified atom stereocenters. The van der Waals surface area contributed by atoms with Crippen molar-refractivity contribution in [1.82, 2.24) is 5.32 Å². The van der Waals surface area contributed by atoms with E-state index in [1.807, 2.05) is 12.1 Å². The predicted octanol–water partition coefficient (Wildman–Crippen LogP) is 2.39. The topological polar surface area (TPSA) is 30.5 Å². The number of piperidine rings is 1. The molecule has 94 valence electrons. The standard InChI is InChI=1S/C14H21NO2/c1-16-13-7-6-11(14(10-13)17-2)9-12-5-3-4-8-15-12/h6-7,10,12,15H,3-5,8-9H2,1-2H3. The van der Waals surface area contributed by atoms with Crippen molar-refractivity contribution < 1.29 is 9.47 Å². The number of ether oxygens (including phenoxy) is 2. The van der Waals surface area contributed by atoms with E-state index in [9.17, 15) is 0 Å². The molecule has 1 atom stereocenters. The van der Waals surface area contributed by atoms with Gasteiger partial charge in [0.15, 0.2) is 0 Å². The maximum absolute atomic E-state index is 5.42. The van der Waals surface area contributed by atoms with E-state index in [-0.39, 0.29) is 0 Å². The highest BCUT2D eigenvalue weighted by Gasteiger charge is 2.15. The number of rotatable bonds is 4. The average Bonchev–Trinajstić information content (AvgIpc) is 2.40. The molecule has 0 amide bonds. The van der Waals surface area contributed by atoms with E-state index in [2.05, 4.69) is 11.4 Å². The Morgan fingerprint density at radius 3 is 2.76 bits per heavy atom. The van der Waals surface area contributed by atoms with Gasteiger partial charge in [-0.25, -0.2) is 0 Å². The summed E-state index contributed by atoms with van der Waals surface area (Å²) >= 11 is 0. The van der Waals surface area contributed by atoms with E-state index in [1.165, 1.54) is 24.8 Å². The molecule has 1 aromatic carbocycles. The van der Waals surface area contributed by atoms with Crippen molar-refractivity contribution in [3.8, 4) is 11.5 Å². The molecule has 0 spiro atoms. The van der Waals surface area contributed by atoms with E-state index < -0.39 is 0 Å². The minimum atomic E-state index is 0.589. The Kier molecular flexibility index (Phi) is 4.26. The molecule has 1 aliphatic rings. The summed E-state index contributed by atoms with van der Waals surface area (Å²) in [6.45, 7) is 1.14. The minimum Gasteiger partial charge on any atom is -0.497 e. The number of hydrogen-bond acceptors (Lipinski definition) is 3. The molecule has 2 rings (SSSR count). The van der Waals surface area contributed by atoms with Crippen LogP contribution in [0.2, 0.25) is 0 Å². The maximum atomic E-state index is 5.42. The lowest BCUT2D eigenvalue weighted by Crippen LogP contribution is -2.35. The summed E-state index contributed by atoms with van der Waals surface area (Å²) in [7, 11) is 3.39. The summed E-state index contributed by atoms with van der Waals surface area (Å²) in [6, 6.07) is 6.65. The first kappa shape index (κ1) is 12.2. The number of nitrogens with one attached hydrogen (secondary N) is 1. The van der Waals surface area contributed by atoms with Gasteiger partial charge in [0.05, 0.1) is 14.2 Å². The van der Waals surface area contributed by atoms with Gasteiger partial charge in [-0.1, -0.05) is 12.5 Å². The van der Waals surface area contributed by atoms with Crippen LogP contribution in [0.25, 0.3) is 0 Å². The fraction of sp³-hybridized carbons (Fsp3) is 0.571. The largest absolute Gasteiger partial charge is 0.497 e. The molecule has 1 N–H and O–H groups in total. The van der Waals surface area contributed by atoms with Gasteiger partial charge in [-0.05, 0) is 37.4 Å². The zero-order valence-corrected chi connectivity index (χ0v) is 10.7. The molecular weight excluding hydrogens is 214 g/mol. The molecule has 1 heterocycles. The summed E-state index contributed by atoms with van der Waals surface area (Å²) in [5, 5.41) is 3.56. The second kappa shape index (κ2) is 5.92. The summed E-state index contributed by atoms with van der Waals surface area (Å²) in [5.41, 5.74) is 1.26. The quantitative estimate of drug-likeness (QED) is 0.869. The molecule has 0 aliphatic carbocycles. The zero-order valence-electron chi connectivity index (χ0n) is 10.7. The van der Waals surface area contributed by atoms with Gasteiger partial charge in [-0.3, -0.25) is 0 Å². The zero-order chi connectivity index (χ0) is 12.1. The summed E-state index contributed by atoms with van der Waals surface area (Å²) < 4.78 is 10.6. The Labute approximate surface area is 103 Å². The van der Waals surface area contributed by atoms with E-state index >= 15 is 0 Å². The normalized spacial score (nSPS) is 20.0. The molecule has 0 bridgehead atoms. The molecule has 0 radical (unpaired) electrons. The molecule has 1 aromatic rings. The van der Waals surface area contributed by atoms with Gasteiger partial charge < -0.3 is 14.8 Å². The van der Waals surface area contributed by atoms with Crippen molar-refractivity contribution in [2.24, 2.45) is 0 Å². The second-order valence-corrected chi connectivity index (χ2v) is 4.53. The maximum Gasteiger partial charge on any atom is 0.125 e. The van der Waals surface area contributed by atoms with E-state index in [0.29, 0.717) is 6.04 Å². The fourth-order valence-electron chi connectivity index (χ4n) is 2.38. The Hall–Kier alpha value is -1.22. The van der Waals surface area contributed by atoms with Crippen molar-refractivity contribution in [3.63, 3.8) is 0 Å². The highest BCUT2D eigenvalue weighted by molar-refractivity contribution is 5.41. The molecule has 3 nitrogen and oxygen atoms in total. The Bertz CT molecular complexity index is 359. The van der Waals surface area contributed by atoms with Crippen LogP contribution in [0.5, 0.6) is 11.5 Å². The third-order valence-corrected chi connectivity index (χ3v) is 3.37. The molecule has 1 fully saturated rings. The van der Waals surface area contributed by atoms with E-state index in [1.54, 1.807) is 14.2 Å². The van der Waals surface area contributed by atoms with E-state index in [0.717, 1.165) is 24.5 Å². The molecule has 3 heteroatoms. The van der Waals surface area contributed by atoms with Gasteiger partial charge in [0.2, 0.25) is 0 Å². The minimum absolute atomic E-state index is 0.589. The lowest BCUT2D eigenvalue weighted by molar-refractivity contribution is 0.375. The average molecular weight is 235 g/mol. The monoisotopic (exact) mass is 235 g/mol. The van der Waals surface area contributed by atoms with Crippen LogP contribution in [-0.2, 0) is 6.42 Å². The van der Waals surface area contributed by atoms with Gasteiger partial charge in [0.25, 0.3) is 0 Å². The van der Waals surface area contributed by atoms with Crippen LogP contribution in [0.15, 0.2) is 18.2 Å². The Morgan fingerprint density at radius 1 is 1.24 bits per heavy atom. The third kappa shape index (κ3) is 3.13. The van der Waals surface area contributed by atoms with Gasteiger partial charge in [0.1, 0.15) is 11.5 Å². The molecule has 0 aromatic heterocycles. The number of methoxy groups -OCH3 is 2. The van der Waals surface area contributed by atoms with Crippen LogP contribution in [0.3, 0.4) is 0 Å². The first-order valence-electron chi connectivity index (χ1n) is 6.28. The summed E-state index contributed by atoms with van der Waals surface area (Å²) in [6.07, 6.45) is 4.93. The Morgan fingerprint density at radius 2 is 2.12 bits per heavy atom. The molecule has 1 saturated heterocycles. The number of hydrogen-bond donors (Lipinski definition) is 1. The summed E-state index contributed by atoms with van der Waals surface area (Å²) in [5.74, 6) is 1.78. The first-order valence-corrected chi connectivity index (χ1v) is 6.28. The lowest BCUT2D eigenvalue weighted by atomic mass is 9.97. The van der Waals surface area contributed by atoms with Gasteiger partial charge >= 0.3 is 0 Å². The Balaban J connectivity index is 2.08. The molecular formula is C14H21NO2. The highest BCUT2D eigenvalue weighted by Crippen LogP contribution is 2.26. The van der Waals surface area contributed by atoms with Gasteiger partial charge in [-0.15, -0.1) is 0 Å². The van der Waals surface area contributed by atoms with Gasteiger partial charge in [-0.2, -0.15) is 0 Å². The number of benzene rings is 1. The predicted molar refractivity (Wildman–Crippen MR) is 68.9 cm³/mol. The lowest BCUT2D eigenvalue weighted by Gasteiger charge is -2.24. The van der Waals surface area contributed by atoms with Gasteiger partial charge in [0, 0.05) is 12.1 Å². The van der Waals surface area contributed by atoms with Crippen molar-refractivity contribution in [3.05, 3.63) is 23.8 Å². The highest BCUT2D eigenvalue weighted by atomic mass is 16.5. The van der Waals surface area contributed by atoms with Crippen LogP contribution in [0.4, 0.5) is 0 Å². The third-order valence-electron chi connectivity index (χ3n) is 3.37. The van der Waals surface area contributed by atoms with Crippen LogP contribution < -0.4 is 14.8 Å². The SMILES string of the molecule is COc1ccc(CC2CCCCN2)c(OC)c1. The second-order valence-electron chi connectivity index (χ2n) is 4.53. The smallest absolute Gasteiger partial charge is 0.125 e. The van der Waals surface area contributed by atoms with Crippen molar-refractivity contribution in [2.75, 3.05) is 20.8 Å². The van der Waals surface area contributed by atoms with Crippen LogP contribution in [-0.4, -0.2) is 26.8 Å². The van der Waals surface area contributed by atoms with Crippen LogP contribution >= 0.6 is 0 Å². The first-order chi connectivity index (χ1) is 8.33.